The van der Waals surface area contributed by atoms with Gasteiger partial charge in [0.05, 0.1) is 5.41 Å². The summed E-state index contributed by atoms with van der Waals surface area (Å²) in [6, 6.07) is 1.22. The molecule has 2 aliphatic heterocycles. The molecule has 2 saturated heterocycles. The van der Waals surface area contributed by atoms with Crippen LogP contribution in [0.25, 0.3) is 0 Å². The van der Waals surface area contributed by atoms with Gasteiger partial charge in [-0.25, -0.2) is 0 Å². The molecule has 148 valence electrons. The predicted octanol–water partition coefficient (Wildman–Crippen LogP) is 2.26. The minimum Gasteiger partial charge on any atom is -0.381 e. The Morgan fingerprint density at radius 2 is 1.92 bits per heavy atom. The zero-order chi connectivity index (χ0) is 18.0. The van der Waals surface area contributed by atoms with Gasteiger partial charge in [0.2, 0.25) is 5.91 Å². The third kappa shape index (κ3) is 3.67. The maximum atomic E-state index is 13.2. The Bertz CT molecular complexity index is 488. The number of amides is 1. The second kappa shape index (κ2) is 8.15. The molecule has 5 heteroatoms. The van der Waals surface area contributed by atoms with E-state index in [1.807, 2.05) is 0 Å². The lowest BCUT2D eigenvalue weighted by molar-refractivity contribution is -0.132. The first kappa shape index (κ1) is 18.7. The number of hydrogen-bond donors (Lipinski definition) is 1. The summed E-state index contributed by atoms with van der Waals surface area (Å²) in [5, 5.41) is 3.33. The molecule has 2 saturated carbocycles. The van der Waals surface area contributed by atoms with E-state index in [9.17, 15) is 4.79 Å². The number of likely N-dealkylation sites (tertiary alicyclic amines) is 1. The zero-order valence-electron chi connectivity index (χ0n) is 16.5. The Balaban J connectivity index is 1.33. The number of carbonyl (C=O) groups excluding carboxylic acids is 1. The van der Waals surface area contributed by atoms with E-state index in [0.717, 1.165) is 52.0 Å². The maximum Gasteiger partial charge on any atom is 0.226 e. The fourth-order valence-electron chi connectivity index (χ4n) is 6.19. The van der Waals surface area contributed by atoms with Crippen molar-refractivity contribution in [3.63, 3.8) is 0 Å². The number of nitrogens with one attached hydrogen (secondary N) is 1. The van der Waals surface area contributed by atoms with Crippen molar-refractivity contribution in [2.24, 2.45) is 11.3 Å². The van der Waals surface area contributed by atoms with Crippen LogP contribution in [0.15, 0.2) is 0 Å². The molecule has 1 amide bonds. The van der Waals surface area contributed by atoms with E-state index in [4.69, 9.17) is 4.74 Å². The summed E-state index contributed by atoms with van der Waals surface area (Å²) in [4.78, 5) is 18.3. The van der Waals surface area contributed by atoms with Crippen LogP contribution in [-0.4, -0.2) is 74.2 Å². The monoisotopic (exact) mass is 363 g/mol. The Kier molecular flexibility index (Phi) is 5.87. The van der Waals surface area contributed by atoms with Crippen molar-refractivity contribution in [1.82, 2.24) is 15.1 Å². The molecule has 3 atom stereocenters. The van der Waals surface area contributed by atoms with E-state index >= 15 is 0 Å². The molecule has 4 rings (SSSR count). The average Bonchev–Trinajstić information content (AvgIpc) is 3.37. The van der Waals surface area contributed by atoms with Gasteiger partial charge < -0.3 is 19.9 Å². The van der Waals surface area contributed by atoms with Crippen LogP contribution in [0.3, 0.4) is 0 Å². The Morgan fingerprint density at radius 1 is 1.15 bits per heavy atom. The van der Waals surface area contributed by atoms with Crippen LogP contribution in [0, 0.1) is 11.3 Å². The van der Waals surface area contributed by atoms with Crippen LogP contribution in [0.5, 0.6) is 0 Å². The van der Waals surface area contributed by atoms with E-state index in [-0.39, 0.29) is 5.41 Å². The second-order valence-corrected chi connectivity index (χ2v) is 9.15. The molecule has 1 N–H and O–H groups in total. The molecule has 0 aromatic rings. The summed E-state index contributed by atoms with van der Waals surface area (Å²) < 4.78 is 5.54. The largest absolute Gasteiger partial charge is 0.381 e. The van der Waals surface area contributed by atoms with Crippen molar-refractivity contribution in [2.45, 2.75) is 69.9 Å². The number of fused-ring (bicyclic) bond motifs is 1. The molecule has 4 fully saturated rings. The SMILES string of the molecule is CN(C1CCOCC1)C1CC2CCCC2(C(=O)NCCN2CCCC2)C1. The lowest BCUT2D eigenvalue weighted by atomic mass is 9.79. The molecule has 0 radical (unpaired) electrons. The third-order valence-electron chi connectivity index (χ3n) is 7.82. The van der Waals surface area contributed by atoms with Gasteiger partial charge in [-0.1, -0.05) is 6.42 Å². The van der Waals surface area contributed by atoms with Crippen molar-refractivity contribution < 1.29 is 9.53 Å². The quantitative estimate of drug-likeness (QED) is 0.786. The molecule has 0 aromatic carbocycles. The second-order valence-electron chi connectivity index (χ2n) is 9.15. The van der Waals surface area contributed by atoms with E-state index in [2.05, 4.69) is 22.2 Å². The fourth-order valence-corrected chi connectivity index (χ4v) is 6.19. The number of nitrogens with zero attached hydrogens (tertiary/aromatic N) is 2. The van der Waals surface area contributed by atoms with Gasteiger partial charge in [-0.15, -0.1) is 0 Å². The first-order valence-corrected chi connectivity index (χ1v) is 11.0. The van der Waals surface area contributed by atoms with Gasteiger partial charge >= 0.3 is 0 Å². The van der Waals surface area contributed by atoms with E-state index in [1.165, 1.54) is 45.2 Å². The summed E-state index contributed by atoms with van der Waals surface area (Å²) >= 11 is 0. The Labute approximate surface area is 158 Å². The lowest BCUT2D eigenvalue weighted by Gasteiger charge is -2.36. The molecule has 4 aliphatic rings. The first-order chi connectivity index (χ1) is 12.7. The van der Waals surface area contributed by atoms with Crippen LogP contribution in [0.2, 0.25) is 0 Å². The van der Waals surface area contributed by atoms with Crippen LogP contribution < -0.4 is 5.32 Å². The molecule has 2 heterocycles. The minimum absolute atomic E-state index is 0.0743. The van der Waals surface area contributed by atoms with E-state index in [0.29, 0.717) is 23.9 Å². The summed E-state index contributed by atoms with van der Waals surface area (Å²) in [6.45, 7) is 6.06. The zero-order valence-corrected chi connectivity index (χ0v) is 16.5. The molecule has 5 nitrogen and oxygen atoms in total. The van der Waals surface area contributed by atoms with Gasteiger partial charge in [0.25, 0.3) is 0 Å². The van der Waals surface area contributed by atoms with Crippen molar-refractivity contribution in [1.29, 1.82) is 0 Å². The van der Waals surface area contributed by atoms with Crippen molar-refractivity contribution in [2.75, 3.05) is 46.4 Å². The molecular formula is C21H37N3O2. The van der Waals surface area contributed by atoms with E-state index < -0.39 is 0 Å². The van der Waals surface area contributed by atoms with Crippen LogP contribution in [0.4, 0.5) is 0 Å². The summed E-state index contributed by atoms with van der Waals surface area (Å²) in [5.74, 6) is 0.962. The summed E-state index contributed by atoms with van der Waals surface area (Å²) in [7, 11) is 2.29. The molecule has 0 spiro atoms. The smallest absolute Gasteiger partial charge is 0.226 e. The number of hydrogen-bond acceptors (Lipinski definition) is 4. The maximum absolute atomic E-state index is 13.2. The summed E-state index contributed by atoms with van der Waals surface area (Å²) in [6.07, 6.45) is 10.8. The van der Waals surface area contributed by atoms with Gasteiger partial charge in [0.15, 0.2) is 0 Å². The molecule has 0 bridgehead atoms. The Hall–Kier alpha value is -0.650. The molecule has 3 unspecified atom stereocenters. The van der Waals surface area contributed by atoms with E-state index in [1.54, 1.807) is 0 Å². The van der Waals surface area contributed by atoms with Crippen molar-refractivity contribution >= 4 is 5.91 Å². The highest BCUT2D eigenvalue weighted by atomic mass is 16.5. The number of carbonyl (C=O) groups is 1. The van der Waals surface area contributed by atoms with Gasteiger partial charge in [-0.05, 0) is 77.4 Å². The van der Waals surface area contributed by atoms with Crippen LogP contribution >= 0.6 is 0 Å². The highest BCUT2D eigenvalue weighted by Crippen LogP contribution is 2.55. The topological polar surface area (TPSA) is 44.8 Å². The van der Waals surface area contributed by atoms with Crippen LogP contribution in [0.1, 0.15) is 57.8 Å². The number of rotatable bonds is 6. The van der Waals surface area contributed by atoms with Gasteiger partial charge in [0.1, 0.15) is 0 Å². The van der Waals surface area contributed by atoms with Crippen molar-refractivity contribution in [3.05, 3.63) is 0 Å². The first-order valence-electron chi connectivity index (χ1n) is 11.0. The highest BCUT2D eigenvalue weighted by molar-refractivity contribution is 5.83. The van der Waals surface area contributed by atoms with Gasteiger partial charge in [-0.2, -0.15) is 0 Å². The van der Waals surface area contributed by atoms with Crippen molar-refractivity contribution in [3.8, 4) is 0 Å². The highest BCUT2D eigenvalue weighted by Gasteiger charge is 2.55. The van der Waals surface area contributed by atoms with Gasteiger partial charge in [0, 0.05) is 38.4 Å². The molecule has 26 heavy (non-hydrogen) atoms. The Morgan fingerprint density at radius 3 is 2.69 bits per heavy atom. The minimum atomic E-state index is -0.0743. The molecular weight excluding hydrogens is 326 g/mol. The standard InChI is InChI=1S/C21H37N3O2/c1-23(18-6-13-26-14-7-18)19-15-17-5-4-8-21(17,16-19)20(25)22-9-12-24-10-2-3-11-24/h17-19H,2-16H2,1H3,(H,22,25). The van der Waals surface area contributed by atoms with Crippen LogP contribution in [-0.2, 0) is 9.53 Å². The normalized spacial score (nSPS) is 35.9. The lowest BCUT2D eigenvalue weighted by Crippen LogP contribution is -2.46. The predicted molar refractivity (Wildman–Crippen MR) is 103 cm³/mol. The number of ether oxygens (including phenoxy) is 1. The molecule has 0 aromatic heterocycles. The van der Waals surface area contributed by atoms with Gasteiger partial charge in [-0.3, -0.25) is 4.79 Å². The average molecular weight is 364 g/mol. The fraction of sp³-hybridized carbons (Fsp3) is 0.952. The summed E-state index contributed by atoms with van der Waals surface area (Å²) in [5.41, 5.74) is -0.0743. The third-order valence-corrected chi connectivity index (χ3v) is 7.82. The molecule has 2 aliphatic carbocycles.